The topological polar surface area (TPSA) is 123 Å². The molecule has 0 aliphatic carbocycles. The summed E-state index contributed by atoms with van der Waals surface area (Å²) in [5.41, 5.74) is 1.56. The fourth-order valence-corrected chi connectivity index (χ4v) is 6.47. The molecule has 0 saturated carbocycles. The number of aromatic nitrogens is 3. The average Bonchev–Trinajstić information content (AvgIpc) is 3.34. The Hall–Kier alpha value is -2.80. The largest absolute Gasteiger partial charge is 0.480 e. The lowest BCUT2D eigenvalue weighted by atomic mass is 10.2. The molecule has 0 atom stereocenters. The summed E-state index contributed by atoms with van der Waals surface area (Å²) >= 11 is 8.20. The van der Waals surface area contributed by atoms with E-state index in [0.29, 0.717) is 20.4 Å². The SMILES string of the molecule is COc1ncc(-c2cc3c(C)nc(NC(C)=O)nc3s2)cc1NS(=O)(=O)c1ccc(Cl)s1. The monoisotopic (exact) mass is 509 g/mol. The van der Waals surface area contributed by atoms with E-state index in [1.807, 2.05) is 13.0 Å². The number of hydrogen-bond acceptors (Lipinski definition) is 9. The van der Waals surface area contributed by atoms with Crippen LogP contribution in [0.3, 0.4) is 0 Å². The van der Waals surface area contributed by atoms with Gasteiger partial charge >= 0.3 is 0 Å². The van der Waals surface area contributed by atoms with Crippen molar-refractivity contribution in [2.45, 2.75) is 18.1 Å². The first kappa shape index (κ1) is 22.4. The highest BCUT2D eigenvalue weighted by Gasteiger charge is 2.21. The Balaban J connectivity index is 1.74. The van der Waals surface area contributed by atoms with Crippen LogP contribution in [0.1, 0.15) is 12.6 Å². The van der Waals surface area contributed by atoms with Crippen LogP contribution in [-0.2, 0) is 14.8 Å². The van der Waals surface area contributed by atoms with Gasteiger partial charge in [0.25, 0.3) is 10.0 Å². The maximum Gasteiger partial charge on any atom is 0.271 e. The number of aryl methyl sites for hydroxylation is 1. The highest BCUT2D eigenvalue weighted by molar-refractivity contribution is 7.94. The highest BCUT2D eigenvalue weighted by Crippen LogP contribution is 2.37. The number of carbonyl (C=O) groups excluding carboxylic acids is 1. The van der Waals surface area contributed by atoms with Crippen molar-refractivity contribution in [3.63, 3.8) is 0 Å². The number of fused-ring (bicyclic) bond motifs is 1. The van der Waals surface area contributed by atoms with Crippen LogP contribution in [0.15, 0.2) is 34.7 Å². The maximum atomic E-state index is 12.7. The van der Waals surface area contributed by atoms with Gasteiger partial charge in [-0.25, -0.2) is 23.4 Å². The molecule has 0 aromatic carbocycles. The van der Waals surface area contributed by atoms with Crippen molar-refractivity contribution in [3.8, 4) is 16.3 Å². The smallest absolute Gasteiger partial charge is 0.271 e. The number of hydrogen-bond donors (Lipinski definition) is 2. The van der Waals surface area contributed by atoms with Gasteiger partial charge in [0, 0.05) is 28.9 Å². The van der Waals surface area contributed by atoms with Gasteiger partial charge in [-0.15, -0.1) is 22.7 Å². The molecule has 0 aliphatic rings. The van der Waals surface area contributed by atoms with E-state index in [1.54, 1.807) is 12.3 Å². The summed E-state index contributed by atoms with van der Waals surface area (Å²) < 4.78 is 33.7. The molecule has 0 spiro atoms. The Labute approximate surface area is 196 Å². The van der Waals surface area contributed by atoms with Gasteiger partial charge in [0.2, 0.25) is 17.7 Å². The average molecular weight is 510 g/mol. The molecule has 1 amide bonds. The van der Waals surface area contributed by atoms with Gasteiger partial charge in [-0.3, -0.25) is 14.8 Å². The third kappa shape index (κ3) is 4.53. The molecular weight excluding hydrogens is 494 g/mol. The molecule has 13 heteroatoms. The van der Waals surface area contributed by atoms with E-state index in [1.165, 1.54) is 37.5 Å². The van der Waals surface area contributed by atoms with Gasteiger partial charge in [-0.05, 0) is 31.2 Å². The summed E-state index contributed by atoms with van der Waals surface area (Å²) in [7, 11) is -2.46. The minimum Gasteiger partial charge on any atom is -0.480 e. The lowest BCUT2D eigenvalue weighted by Crippen LogP contribution is -2.12. The van der Waals surface area contributed by atoms with Crippen molar-refractivity contribution in [1.82, 2.24) is 15.0 Å². The maximum absolute atomic E-state index is 12.7. The fraction of sp³-hybridized carbons (Fsp3) is 0.158. The summed E-state index contributed by atoms with van der Waals surface area (Å²) in [5.74, 6) is 0.0978. The zero-order chi connectivity index (χ0) is 23.0. The number of ether oxygens (including phenoxy) is 1. The molecule has 166 valence electrons. The van der Waals surface area contributed by atoms with Crippen molar-refractivity contribution in [3.05, 3.63) is 40.5 Å². The predicted molar refractivity (Wildman–Crippen MR) is 126 cm³/mol. The Morgan fingerprint density at radius 1 is 1.19 bits per heavy atom. The minimum absolute atomic E-state index is 0.0771. The number of anilines is 2. The molecule has 4 rings (SSSR count). The number of methoxy groups -OCH3 is 1. The second kappa shape index (κ2) is 8.62. The summed E-state index contributed by atoms with van der Waals surface area (Å²) in [6.07, 6.45) is 1.58. The van der Waals surface area contributed by atoms with E-state index in [4.69, 9.17) is 16.3 Å². The number of amides is 1. The van der Waals surface area contributed by atoms with Crippen LogP contribution >= 0.6 is 34.3 Å². The fourth-order valence-electron chi connectivity index (χ4n) is 2.88. The van der Waals surface area contributed by atoms with Crippen LogP contribution in [0.25, 0.3) is 20.7 Å². The van der Waals surface area contributed by atoms with Crippen molar-refractivity contribution in [2.24, 2.45) is 0 Å². The summed E-state index contributed by atoms with van der Waals surface area (Å²) in [5, 5.41) is 3.41. The van der Waals surface area contributed by atoms with Crippen molar-refractivity contribution < 1.29 is 17.9 Å². The van der Waals surface area contributed by atoms with E-state index >= 15 is 0 Å². The van der Waals surface area contributed by atoms with Gasteiger partial charge in [-0.2, -0.15) is 0 Å². The van der Waals surface area contributed by atoms with Gasteiger partial charge < -0.3 is 4.74 Å². The number of halogens is 1. The Morgan fingerprint density at radius 3 is 2.62 bits per heavy atom. The first-order chi connectivity index (χ1) is 15.2. The molecule has 32 heavy (non-hydrogen) atoms. The third-order valence-electron chi connectivity index (χ3n) is 4.26. The molecule has 2 N–H and O–H groups in total. The molecular formula is C19H16ClN5O4S3. The van der Waals surface area contributed by atoms with Crippen LogP contribution in [-0.4, -0.2) is 36.4 Å². The van der Waals surface area contributed by atoms with Crippen LogP contribution in [0, 0.1) is 6.92 Å². The molecule has 4 heterocycles. The van der Waals surface area contributed by atoms with Crippen LogP contribution in [0.5, 0.6) is 5.88 Å². The van der Waals surface area contributed by atoms with Gasteiger partial charge in [0.1, 0.15) is 14.7 Å². The lowest BCUT2D eigenvalue weighted by Gasteiger charge is -2.11. The minimum atomic E-state index is -3.87. The van der Waals surface area contributed by atoms with E-state index in [0.717, 1.165) is 21.6 Å². The third-order valence-corrected chi connectivity index (χ3v) is 8.42. The standard InChI is InChI=1S/C19H16ClN5O4S3/c1-9-12-7-14(30-18(12)24-19(22-9)23-10(2)26)11-6-13(17(29-3)21-8-11)25-32(27,28)16-5-4-15(20)31-16/h4-8,25H,1-3H3,(H,22,23,24,26). The molecule has 9 nitrogen and oxygen atoms in total. The number of pyridine rings is 1. The van der Waals surface area contributed by atoms with Crippen molar-refractivity contribution in [2.75, 3.05) is 17.1 Å². The quantitative estimate of drug-likeness (QED) is 0.391. The number of nitrogens with zero attached hydrogens (tertiary/aromatic N) is 3. The van der Waals surface area contributed by atoms with E-state index in [9.17, 15) is 13.2 Å². The van der Waals surface area contributed by atoms with Crippen molar-refractivity contribution in [1.29, 1.82) is 0 Å². The van der Waals surface area contributed by atoms with Gasteiger partial charge in [0.15, 0.2) is 0 Å². The van der Waals surface area contributed by atoms with Crippen LogP contribution < -0.4 is 14.8 Å². The molecule has 4 aromatic rings. The molecule has 0 fully saturated rings. The first-order valence-electron chi connectivity index (χ1n) is 9.04. The number of nitrogens with one attached hydrogen (secondary N) is 2. The summed E-state index contributed by atoms with van der Waals surface area (Å²) in [6.45, 7) is 3.21. The highest BCUT2D eigenvalue weighted by atomic mass is 35.5. The molecule has 0 bridgehead atoms. The number of thiophene rings is 2. The number of rotatable bonds is 6. The molecule has 0 unspecified atom stereocenters. The van der Waals surface area contributed by atoms with Crippen LogP contribution in [0.2, 0.25) is 4.34 Å². The lowest BCUT2D eigenvalue weighted by molar-refractivity contribution is -0.114. The second-order valence-electron chi connectivity index (χ2n) is 6.59. The second-order valence-corrected chi connectivity index (χ2v) is 11.2. The van der Waals surface area contributed by atoms with Gasteiger partial charge in [-0.1, -0.05) is 11.6 Å². The zero-order valence-corrected chi connectivity index (χ0v) is 20.2. The zero-order valence-electron chi connectivity index (χ0n) is 17.0. The van der Waals surface area contributed by atoms with Crippen LogP contribution in [0.4, 0.5) is 11.6 Å². The van der Waals surface area contributed by atoms with E-state index in [-0.39, 0.29) is 27.6 Å². The number of sulfonamides is 1. The first-order valence-corrected chi connectivity index (χ1v) is 12.5. The van der Waals surface area contributed by atoms with E-state index < -0.39 is 10.0 Å². The Kier molecular flexibility index (Phi) is 6.03. The summed E-state index contributed by atoms with van der Waals surface area (Å²) in [6, 6.07) is 6.48. The predicted octanol–water partition coefficient (Wildman–Crippen LogP) is 4.54. The molecule has 0 saturated heterocycles. The molecule has 4 aromatic heterocycles. The van der Waals surface area contributed by atoms with Crippen molar-refractivity contribution >= 4 is 72.1 Å². The normalized spacial score (nSPS) is 11.5. The van der Waals surface area contributed by atoms with E-state index in [2.05, 4.69) is 25.0 Å². The molecule has 0 radical (unpaired) electrons. The summed E-state index contributed by atoms with van der Waals surface area (Å²) in [4.78, 5) is 25.8. The molecule has 0 aliphatic heterocycles. The Morgan fingerprint density at radius 2 is 1.97 bits per heavy atom. The van der Waals surface area contributed by atoms with Gasteiger partial charge in [0.05, 0.1) is 17.1 Å². The Bertz CT molecular complexity index is 1450. The number of carbonyl (C=O) groups is 1.